The number of piperazine rings is 1. The number of carbonyl (C=O) groups excluding carboxylic acids is 1. The van der Waals surface area contributed by atoms with Crippen LogP contribution in [0.1, 0.15) is 26.2 Å². The molecule has 3 heterocycles. The van der Waals surface area contributed by atoms with E-state index >= 15 is 0 Å². The third kappa shape index (κ3) is 7.40. The van der Waals surface area contributed by atoms with Gasteiger partial charge in [-0.05, 0) is 38.6 Å². The van der Waals surface area contributed by atoms with Gasteiger partial charge in [-0.1, -0.05) is 0 Å². The molecule has 0 bridgehead atoms. The first kappa shape index (κ1) is 25.4. The van der Waals surface area contributed by atoms with Crippen LogP contribution in [0.3, 0.4) is 0 Å². The normalized spacial score (nSPS) is 26.1. The maximum absolute atomic E-state index is 12.6. The van der Waals surface area contributed by atoms with Crippen LogP contribution in [-0.2, 0) is 9.53 Å². The van der Waals surface area contributed by atoms with Gasteiger partial charge in [0.1, 0.15) is 6.10 Å². The molecular weight excluding hydrogens is 514 g/mol. The zero-order valence-corrected chi connectivity index (χ0v) is 19.8. The second kappa shape index (κ2) is 11.7. The minimum absolute atomic E-state index is 0. The third-order valence-corrected chi connectivity index (χ3v) is 5.70. The van der Waals surface area contributed by atoms with Crippen molar-refractivity contribution < 1.29 is 22.7 Å². The highest BCUT2D eigenvalue weighted by molar-refractivity contribution is 14.0. The Bertz CT molecular complexity index is 579. The first-order valence-corrected chi connectivity index (χ1v) is 10.6. The molecule has 0 aromatic rings. The van der Waals surface area contributed by atoms with Crippen molar-refractivity contribution in [1.29, 1.82) is 0 Å². The highest BCUT2D eigenvalue weighted by Crippen LogP contribution is 2.23. The number of alkyl halides is 3. The minimum atomic E-state index is -4.15. The summed E-state index contributed by atoms with van der Waals surface area (Å²) in [7, 11) is 0. The van der Waals surface area contributed by atoms with Crippen LogP contribution in [0.4, 0.5) is 13.2 Å². The van der Waals surface area contributed by atoms with E-state index in [1.807, 2.05) is 11.8 Å². The van der Waals surface area contributed by atoms with Crippen LogP contribution in [0.15, 0.2) is 4.99 Å². The fourth-order valence-corrected chi connectivity index (χ4v) is 4.22. The summed E-state index contributed by atoms with van der Waals surface area (Å²) >= 11 is 0. The number of carbonyl (C=O) groups is 1. The number of nitrogens with one attached hydrogen (secondary N) is 1. The summed E-state index contributed by atoms with van der Waals surface area (Å²) in [6, 6.07) is 0. The summed E-state index contributed by atoms with van der Waals surface area (Å²) in [5.74, 6) is 1.01. The Balaban J connectivity index is 0.00000320. The van der Waals surface area contributed by atoms with E-state index in [0.717, 1.165) is 31.8 Å². The molecule has 7 nitrogen and oxygen atoms in total. The van der Waals surface area contributed by atoms with Crippen molar-refractivity contribution in [3.8, 4) is 0 Å². The van der Waals surface area contributed by atoms with Crippen molar-refractivity contribution in [3.05, 3.63) is 0 Å². The van der Waals surface area contributed by atoms with E-state index < -0.39 is 12.7 Å². The van der Waals surface area contributed by atoms with E-state index in [2.05, 4.69) is 10.2 Å². The topological polar surface area (TPSA) is 60.4 Å². The highest BCUT2D eigenvalue weighted by Gasteiger charge is 2.34. The molecule has 0 spiro atoms. The average Bonchev–Trinajstić information content (AvgIpc) is 3.35. The van der Waals surface area contributed by atoms with Gasteiger partial charge in [0, 0.05) is 52.4 Å². The van der Waals surface area contributed by atoms with Crippen LogP contribution >= 0.6 is 24.0 Å². The minimum Gasteiger partial charge on any atom is -0.368 e. The Labute approximate surface area is 193 Å². The number of halogens is 4. The lowest BCUT2D eigenvalue weighted by Crippen LogP contribution is -2.55. The Morgan fingerprint density at radius 2 is 1.83 bits per heavy atom. The van der Waals surface area contributed by atoms with Gasteiger partial charge in [-0.3, -0.25) is 14.7 Å². The number of nitrogens with zero attached hydrogens (tertiary/aromatic N) is 4. The maximum Gasteiger partial charge on any atom is 0.401 e. The van der Waals surface area contributed by atoms with Crippen LogP contribution in [0, 0.1) is 5.92 Å². The summed E-state index contributed by atoms with van der Waals surface area (Å²) in [4.78, 5) is 22.6. The lowest BCUT2D eigenvalue weighted by molar-refractivity contribution is -0.144. The molecule has 0 saturated carbocycles. The largest absolute Gasteiger partial charge is 0.401 e. The Morgan fingerprint density at radius 3 is 2.43 bits per heavy atom. The van der Waals surface area contributed by atoms with E-state index in [1.165, 1.54) is 4.90 Å². The Kier molecular flexibility index (Phi) is 9.92. The quantitative estimate of drug-likeness (QED) is 0.323. The summed E-state index contributed by atoms with van der Waals surface area (Å²) in [5.41, 5.74) is 0. The molecule has 3 saturated heterocycles. The van der Waals surface area contributed by atoms with Gasteiger partial charge < -0.3 is 19.9 Å². The summed E-state index contributed by atoms with van der Waals surface area (Å²) in [5, 5.41) is 3.28. The molecule has 0 aliphatic carbocycles. The van der Waals surface area contributed by atoms with Crippen molar-refractivity contribution in [2.75, 3.05) is 65.5 Å². The standard InChI is InChI=1S/C19H32F3N5O2.HI/c1-2-23-18(24-12-15-5-6-25(13-15)14-19(20,21)22)27-9-7-26(8-10-27)17(28)16-4-3-11-29-16;/h15-16H,2-14H2,1H3,(H,23,24);1H. The van der Waals surface area contributed by atoms with Crippen molar-refractivity contribution in [2.45, 2.75) is 38.5 Å². The first-order valence-electron chi connectivity index (χ1n) is 10.6. The van der Waals surface area contributed by atoms with Crippen LogP contribution < -0.4 is 5.32 Å². The van der Waals surface area contributed by atoms with Gasteiger partial charge in [-0.15, -0.1) is 24.0 Å². The number of hydrogen-bond acceptors (Lipinski definition) is 4. The number of rotatable bonds is 5. The SMILES string of the molecule is CCNC(=NCC1CCN(CC(F)(F)F)C1)N1CCN(C(=O)C2CCCO2)CC1.I. The third-order valence-electron chi connectivity index (χ3n) is 5.70. The summed E-state index contributed by atoms with van der Waals surface area (Å²) < 4.78 is 43.2. The molecule has 2 atom stereocenters. The number of amides is 1. The zero-order chi connectivity index (χ0) is 20.9. The number of ether oxygens (including phenoxy) is 1. The molecule has 174 valence electrons. The predicted molar refractivity (Wildman–Crippen MR) is 119 cm³/mol. The molecule has 1 N–H and O–H groups in total. The van der Waals surface area contributed by atoms with Crippen LogP contribution in [0.2, 0.25) is 0 Å². The molecule has 3 rings (SSSR count). The van der Waals surface area contributed by atoms with Gasteiger partial charge in [0.15, 0.2) is 5.96 Å². The molecule has 3 aliphatic heterocycles. The second-order valence-electron chi connectivity index (χ2n) is 8.01. The molecule has 0 radical (unpaired) electrons. The first-order chi connectivity index (χ1) is 13.9. The maximum atomic E-state index is 12.6. The van der Waals surface area contributed by atoms with E-state index in [-0.39, 0.29) is 41.9 Å². The van der Waals surface area contributed by atoms with Crippen LogP contribution in [0.25, 0.3) is 0 Å². The summed E-state index contributed by atoms with van der Waals surface area (Å²) in [6.07, 6.45) is -1.95. The molecule has 0 aromatic carbocycles. The number of hydrogen-bond donors (Lipinski definition) is 1. The molecular formula is C19H33F3IN5O2. The van der Waals surface area contributed by atoms with Gasteiger partial charge in [0.25, 0.3) is 5.91 Å². The predicted octanol–water partition coefficient (Wildman–Crippen LogP) is 1.78. The van der Waals surface area contributed by atoms with E-state index in [9.17, 15) is 18.0 Å². The number of aliphatic imine (C=N–C) groups is 1. The fourth-order valence-electron chi connectivity index (χ4n) is 4.22. The monoisotopic (exact) mass is 547 g/mol. The fraction of sp³-hybridized carbons (Fsp3) is 0.895. The van der Waals surface area contributed by atoms with Gasteiger partial charge in [-0.2, -0.15) is 13.2 Å². The van der Waals surface area contributed by atoms with Crippen molar-refractivity contribution in [1.82, 2.24) is 20.0 Å². The molecule has 11 heteroatoms. The van der Waals surface area contributed by atoms with Gasteiger partial charge in [-0.25, -0.2) is 0 Å². The lowest BCUT2D eigenvalue weighted by atomic mass is 10.1. The van der Waals surface area contributed by atoms with Crippen LogP contribution in [-0.4, -0.2) is 104 Å². The Hall–Kier alpha value is -0.820. The van der Waals surface area contributed by atoms with E-state index in [4.69, 9.17) is 9.73 Å². The van der Waals surface area contributed by atoms with Crippen molar-refractivity contribution >= 4 is 35.8 Å². The number of likely N-dealkylation sites (tertiary alicyclic amines) is 1. The van der Waals surface area contributed by atoms with Crippen molar-refractivity contribution in [2.24, 2.45) is 10.9 Å². The van der Waals surface area contributed by atoms with E-state index in [0.29, 0.717) is 52.4 Å². The number of guanidine groups is 1. The summed E-state index contributed by atoms with van der Waals surface area (Å²) in [6.45, 7) is 6.61. The molecule has 1 amide bonds. The lowest BCUT2D eigenvalue weighted by Gasteiger charge is -2.37. The Morgan fingerprint density at radius 1 is 1.13 bits per heavy atom. The molecule has 0 aromatic heterocycles. The highest BCUT2D eigenvalue weighted by atomic mass is 127. The average molecular weight is 547 g/mol. The van der Waals surface area contributed by atoms with Gasteiger partial charge in [0.05, 0.1) is 6.54 Å². The van der Waals surface area contributed by atoms with Crippen molar-refractivity contribution in [3.63, 3.8) is 0 Å². The molecule has 3 aliphatic rings. The van der Waals surface area contributed by atoms with Crippen LogP contribution in [0.5, 0.6) is 0 Å². The zero-order valence-electron chi connectivity index (χ0n) is 17.5. The van der Waals surface area contributed by atoms with E-state index in [1.54, 1.807) is 0 Å². The van der Waals surface area contributed by atoms with Gasteiger partial charge >= 0.3 is 6.18 Å². The smallest absolute Gasteiger partial charge is 0.368 e. The molecule has 3 fully saturated rings. The molecule has 2 unspecified atom stereocenters. The molecule has 30 heavy (non-hydrogen) atoms. The van der Waals surface area contributed by atoms with Gasteiger partial charge in [0.2, 0.25) is 0 Å². The second-order valence-corrected chi connectivity index (χ2v) is 8.01.